The fraction of sp³-hybridized carbons (Fsp3) is 0.636. The third-order valence-electron chi connectivity index (χ3n) is 2.37. The summed E-state index contributed by atoms with van der Waals surface area (Å²) in [5, 5.41) is 0. The maximum absolute atomic E-state index is 5.94. The Hall–Kier alpha value is -0.410. The Balaban J connectivity index is 2.25. The van der Waals surface area contributed by atoms with Crippen LogP contribution in [0.1, 0.15) is 25.2 Å². The predicted octanol–water partition coefficient (Wildman–Crippen LogP) is 2.80. The number of aryl methyl sites for hydroxylation is 1. The summed E-state index contributed by atoms with van der Waals surface area (Å²) in [6.07, 6.45) is 1.74. The lowest BCUT2D eigenvalue weighted by atomic mass is 10.1. The van der Waals surface area contributed by atoms with Crippen LogP contribution in [0.2, 0.25) is 0 Å². The van der Waals surface area contributed by atoms with Crippen molar-refractivity contribution in [1.29, 1.82) is 0 Å². The van der Waals surface area contributed by atoms with Crippen LogP contribution in [0.5, 0.6) is 0 Å². The van der Waals surface area contributed by atoms with Gasteiger partial charge in [0.2, 0.25) is 0 Å². The van der Waals surface area contributed by atoms with E-state index >= 15 is 0 Å². The lowest BCUT2D eigenvalue weighted by Crippen LogP contribution is -2.28. The first-order valence-electron chi connectivity index (χ1n) is 4.97. The molecule has 0 aliphatic heterocycles. The van der Waals surface area contributed by atoms with Crippen LogP contribution in [0.25, 0.3) is 0 Å². The van der Waals surface area contributed by atoms with Gasteiger partial charge >= 0.3 is 0 Å². The molecular formula is C11H19NOS. The van der Waals surface area contributed by atoms with Crippen LogP contribution in [-0.4, -0.2) is 11.8 Å². The predicted molar refractivity (Wildman–Crippen MR) is 62.4 cm³/mol. The van der Waals surface area contributed by atoms with Crippen LogP contribution >= 0.6 is 11.8 Å². The maximum atomic E-state index is 5.94. The van der Waals surface area contributed by atoms with Gasteiger partial charge in [0.05, 0.1) is 12.0 Å². The molecular weight excluding hydrogens is 194 g/mol. The van der Waals surface area contributed by atoms with Gasteiger partial charge in [-0.2, -0.15) is 11.8 Å². The molecule has 3 heteroatoms. The van der Waals surface area contributed by atoms with Crippen molar-refractivity contribution in [2.75, 3.05) is 5.75 Å². The van der Waals surface area contributed by atoms with Gasteiger partial charge in [0.15, 0.2) is 0 Å². The van der Waals surface area contributed by atoms with Gasteiger partial charge in [-0.3, -0.25) is 0 Å². The monoisotopic (exact) mass is 213 g/mol. The molecule has 1 unspecified atom stereocenters. The minimum atomic E-state index is 0.287. The highest BCUT2D eigenvalue weighted by molar-refractivity contribution is 7.98. The minimum Gasteiger partial charge on any atom is -0.468 e. The molecule has 0 spiro atoms. The Morgan fingerprint density at radius 1 is 1.50 bits per heavy atom. The van der Waals surface area contributed by atoms with E-state index in [-0.39, 0.29) is 6.04 Å². The first-order valence-corrected chi connectivity index (χ1v) is 6.13. The van der Waals surface area contributed by atoms with E-state index in [0.717, 1.165) is 17.3 Å². The molecule has 0 saturated carbocycles. The molecule has 0 saturated heterocycles. The van der Waals surface area contributed by atoms with Gasteiger partial charge in [-0.15, -0.1) is 0 Å². The van der Waals surface area contributed by atoms with Gasteiger partial charge in [-0.25, -0.2) is 0 Å². The number of hydrogen-bond acceptors (Lipinski definition) is 3. The Morgan fingerprint density at radius 2 is 2.21 bits per heavy atom. The van der Waals surface area contributed by atoms with Crippen LogP contribution in [0.3, 0.4) is 0 Å². The van der Waals surface area contributed by atoms with E-state index in [1.807, 2.05) is 17.8 Å². The molecule has 1 rings (SSSR count). The largest absolute Gasteiger partial charge is 0.468 e. The molecule has 0 amide bonds. The minimum absolute atomic E-state index is 0.287. The fourth-order valence-corrected chi connectivity index (χ4v) is 2.29. The molecule has 1 atom stereocenters. The zero-order valence-electron chi connectivity index (χ0n) is 9.12. The fourth-order valence-electron chi connectivity index (χ4n) is 1.03. The maximum Gasteiger partial charge on any atom is 0.116 e. The van der Waals surface area contributed by atoms with Crippen molar-refractivity contribution in [3.05, 3.63) is 23.7 Å². The molecule has 0 fully saturated rings. The normalized spacial score (nSPS) is 13.5. The molecule has 2 nitrogen and oxygen atoms in total. The molecule has 1 aromatic rings. The van der Waals surface area contributed by atoms with Crippen molar-refractivity contribution in [1.82, 2.24) is 0 Å². The molecule has 0 aromatic carbocycles. The summed E-state index contributed by atoms with van der Waals surface area (Å²) in [7, 11) is 0. The zero-order chi connectivity index (χ0) is 10.6. The summed E-state index contributed by atoms with van der Waals surface area (Å²) in [5.74, 6) is 3.56. The van der Waals surface area contributed by atoms with E-state index < -0.39 is 0 Å². The quantitative estimate of drug-likeness (QED) is 0.817. The van der Waals surface area contributed by atoms with Crippen LogP contribution < -0.4 is 5.73 Å². The van der Waals surface area contributed by atoms with E-state index in [1.54, 1.807) is 6.26 Å². The number of thioether (sulfide) groups is 1. The topological polar surface area (TPSA) is 39.2 Å². The van der Waals surface area contributed by atoms with Crippen LogP contribution in [0, 0.1) is 12.8 Å². The van der Waals surface area contributed by atoms with E-state index in [0.29, 0.717) is 5.92 Å². The number of furan rings is 1. The smallest absolute Gasteiger partial charge is 0.116 e. The number of rotatable bonds is 5. The van der Waals surface area contributed by atoms with Crippen LogP contribution in [-0.2, 0) is 5.75 Å². The molecule has 0 radical (unpaired) electrons. The molecule has 1 aromatic heterocycles. The van der Waals surface area contributed by atoms with E-state index in [2.05, 4.69) is 20.8 Å². The Morgan fingerprint density at radius 3 is 2.71 bits per heavy atom. The van der Waals surface area contributed by atoms with Gasteiger partial charge in [0, 0.05) is 11.8 Å². The lowest BCUT2D eigenvalue weighted by Gasteiger charge is -2.14. The molecule has 1 heterocycles. The van der Waals surface area contributed by atoms with Crippen molar-refractivity contribution in [2.45, 2.75) is 32.6 Å². The highest BCUT2D eigenvalue weighted by atomic mass is 32.2. The summed E-state index contributed by atoms with van der Waals surface area (Å²) in [6.45, 7) is 6.38. The average molecular weight is 213 g/mol. The third kappa shape index (κ3) is 3.39. The SMILES string of the molecule is Cc1ccoc1CSCC(N)C(C)C. The molecule has 0 aliphatic carbocycles. The van der Waals surface area contributed by atoms with Crippen LogP contribution in [0.15, 0.2) is 16.7 Å². The highest BCUT2D eigenvalue weighted by Crippen LogP contribution is 2.18. The van der Waals surface area contributed by atoms with Gasteiger partial charge in [-0.1, -0.05) is 13.8 Å². The lowest BCUT2D eigenvalue weighted by molar-refractivity contribution is 0.524. The summed E-state index contributed by atoms with van der Waals surface area (Å²) >= 11 is 1.84. The van der Waals surface area contributed by atoms with Gasteiger partial charge in [0.1, 0.15) is 5.76 Å². The van der Waals surface area contributed by atoms with Crippen molar-refractivity contribution in [3.63, 3.8) is 0 Å². The first kappa shape index (κ1) is 11.7. The van der Waals surface area contributed by atoms with Gasteiger partial charge in [-0.05, 0) is 24.5 Å². The molecule has 0 bridgehead atoms. The van der Waals surface area contributed by atoms with E-state index in [9.17, 15) is 0 Å². The average Bonchev–Trinajstić information content (AvgIpc) is 2.51. The van der Waals surface area contributed by atoms with Crippen molar-refractivity contribution >= 4 is 11.8 Å². The molecule has 2 N–H and O–H groups in total. The van der Waals surface area contributed by atoms with Crippen LogP contribution in [0.4, 0.5) is 0 Å². The van der Waals surface area contributed by atoms with E-state index in [1.165, 1.54) is 5.56 Å². The van der Waals surface area contributed by atoms with Gasteiger partial charge < -0.3 is 10.2 Å². The second-order valence-electron chi connectivity index (χ2n) is 3.95. The first-order chi connectivity index (χ1) is 6.61. The van der Waals surface area contributed by atoms with Crippen molar-refractivity contribution in [2.24, 2.45) is 11.7 Å². The third-order valence-corrected chi connectivity index (χ3v) is 3.45. The van der Waals surface area contributed by atoms with Gasteiger partial charge in [0.25, 0.3) is 0 Å². The summed E-state index contributed by atoms with van der Waals surface area (Å²) in [6, 6.07) is 2.29. The second kappa shape index (κ2) is 5.47. The number of hydrogen-bond donors (Lipinski definition) is 1. The standard InChI is InChI=1S/C11H19NOS/c1-8(2)10(12)6-14-7-11-9(3)4-5-13-11/h4-5,8,10H,6-7,12H2,1-3H3. The summed E-state index contributed by atoms with van der Waals surface area (Å²) in [4.78, 5) is 0. The summed E-state index contributed by atoms with van der Waals surface area (Å²) in [5.41, 5.74) is 7.17. The molecule has 0 aliphatic rings. The second-order valence-corrected chi connectivity index (χ2v) is 4.98. The van der Waals surface area contributed by atoms with Crippen molar-refractivity contribution in [3.8, 4) is 0 Å². The van der Waals surface area contributed by atoms with Crippen molar-refractivity contribution < 1.29 is 4.42 Å². The van der Waals surface area contributed by atoms with E-state index in [4.69, 9.17) is 10.2 Å². The molecule has 80 valence electrons. The highest BCUT2D eigenvalue weighted by Gasteiger charge is 2.08. The Bertz CT molecular complexity index is 270. The number of nitrogens with two attached hydrogens (primary N) is 1. The Kier molecular flexibility index (Phi) is 4.55. The summed E-state index contributed by atoms with van der Waals surface area (Å²) < 4.78 is 5.34. The zero-order valence-corrected chi connectivity index (χ0v) is 9.93. The Labute approximate surface area is 90.2 Å². The molecule has 14 heavy (non-hydrogen) atoms.